The fourth-order valence-electron chi connectivity index (χ4n) is 2.88. The highest BCUT2D eigenvalue weighted by Crippen LogP contribution is 2.19. The van der Waals surface area contributed by atoms with Gasteiger partial charge in [0.05, 0.1) is 5.56 Å². The molecule has 1 heterocycles. The van der Waals surface area contributed by atoms with Gasteiger partial charge < -0.3 is 4.90 Å². The highest BCUT2D eigenvalue weighted by Gasteiger charge is 2.23. The predicted octanol–water partition coefficient (Wildman–Crippen LogP) is 3.54. The first-order valence-corrected chi connectivity index (χ1v) is 7.75. The molecule has 1 saturated heterocycles. The van der Waals surface area contributed by atoms with E-state index >= 15 is 0 Å². The summed E-state index contributed by atoms with van der Waals surface area (Å²) in [5, 5.41) is 0. The van der Waals surface area contributed by atoms with E-state index in [2.05, 4.69) is 0 Å². The molecule has 2 aromatic carbocycles. The van der Waals surface area contributed by atoms with Crippen molar-refractivity contribution < 1.29 is 9.59 Å². The lowest BCUT2D eigenvalue weighted by molar-refractivity contribution is 0.0720. The van der Waals surface area contributed by atoms with Gasteiger partial charge in [0.15, 0.2) is 5.78 Å². The fraction of sp³-hybridized carbons (Fsp3) is 0.263. The molecule has 0 saturated carbocycles. The average Bonchev–Trinajstić information content (AvgIpc) is 2.62. The van der Waals surface area contributed by atoms with E-state index in [9.17, 15) is 9.59 Å². The third-order valence-corrected chi connectivity index (χ3v) is 4.08. The lowest BCUT2D eigenvalue weighted by Crippen LogP contribution is -2.36. The summed E-state index contributed by atoms with van der Waals surface area (Å²) in [7, 11) is 0. The number of nitrogens with zero attached hydrogens (tertiary/aromatic N) is 1. The van der Waals surface area contributed by atoms with Crippen LogP contribution in [0, 0.1) is 0 Å². The van der Waals surface area contributed by atoms with Crippen molar-refractivity contribution in [1.29, 1.82) is 0 Å². The molecule has 0 aromatic heterocycles. The number of rotatable bonds is 3. The second-order valence-electron chi connectivity index (χ2n) is 5.59. The zero-order valence-electron chi connectivity index (χ0n) is 12.5. The maximum atomic E-state index is 12.7. The topological polar surface area (TPSA) is 37.4 Å². The summed E-state index contributed by atoms with van der Waals surface area (Å²) in [6.45, 7) is 1.57. The van der Waals surface area contributed by atoms with Crippen LogP contribution in [-0.2, 0) is 0 Å². The van der Waals surface area contributed by atoms with Gasteiger partial charge in [0.1, 0.15) is 0 Å². The number of hydrogen-bond donors (Lipinski definition) is 0. The third-order valence-electron chi connectivity index (χ3n) is 4.08. The Morgan fingerprint density at radius 1 is 0.727 bits per heavy atom. The molecule has 0 bridgehead atoms. The molecule has 0 radical (unpaired) electrons. The fourth-order valence-corrected chi connectivity index (χ4v) is 2.88. The highest BCUT2D eigenvalue weighted by molar-refractivity contribution is 6.15. The molecular formula is C19H19NO2. The number of carbonyl (C=O) groups is 2. The highest BCUT2D eigenvalue weighted by atomic mass is 16.2. The first kappa shape index (κ1) is 14.5. The van der Waals surface area contributed by atoms with E-state index in [0.29, 0.717) is 16.7 Å². The molecule has 0 spiro atoms. The minimum atomic E-state index is -0.0958. The first-order chi connectivity index (χ1) is 10.8. The van der Waals surface area contributed by atoms with Crippen molar-refractivity contribution in [3.05, 3.63) is 71.3 Å². The van der Waals surface area contributed by atoms with Gasteiger partial charge in [0, 0.05) is 24.2 Å². The molecule has 112 valence electrons. The van der Waals surface area contributed by atoms with E-state index in [4.69, 9.17) is 0 Å². The number of piperidine rings is 1. The molecule has 2 aromatic rings. The number of hydrogen-bond acceptors (Lipinski definition) is 2. The molecule has 3 nitrogen and oxygen atoms in total. The molecule has 3 rings (SSSR count). The summed E-state index contributed by atoms with van der Waals surface area (Å²) in [5.74, 6) is -0.124. The van der Waals surface area contributed by atoms with E-state index in [-0.39, 0.29) is 11.7 Å². The lowest BCUT2D eigenvalue weighted by atomic mass is 9.97. The quantitative estimate of drug-likeness (QED) is 0.812. The maximum absolute atomic E-state index is 12.7. The Morgan fingerprint density at radius 2 is 1.32 bits per heavy atom. The van der Waals surface area contributed by atoms with E-state index < -0.39 is 0 Å². The summed E-state index contributed by atoms with van der Waals surface area (Å²) in [4.78, 5) is 27.3. The number of benzene rings is 2. The Labute approximate surface area is 130 Å². The van der Waals surface area contributed by atoms with Gasteiger partial charge in [0.25, 0.3) is 5.91 Å². The minimum Gasteiger partial charge on any atom is -0.339 e. The molecule has 22 heavy (non-hydrogen) atoms. The smallest absolute Gasteiger partial charge is 0.254 e. The third kappa shape index (κ3) is 2.93. The van der Waals surface area contributed by atoms with Crippen molar-refractivity contribution in [2.75, 3.05) is 13.1 Å². The van der Waals surface area contributed by atoms with Gasteiger partial charge in [-0.3, -0.25) is 9.59 Å². The number of ketones is 1. The van der Waals surface area contributed by atoms with E-state index in [1.165, 1.54) is 6.42 Å². The molecular weight excluding hydrogens is 274 g/mol. The largest absolute Gasteiger partial charge is 0.339 e. The Hall–Kier alpha value is -2.42. The van der Waals surface area contributed by atoms with Crippen molar-refractivity contribution in [2.45, 2.75) is 19.3 Å². The maximum Gasteiger partial charge on any atom is 0.254 e. The Bertz CT molecular complexity index is 673. The van der Waals surface area contributed by atoms with Crippen LogP contribution in [0.5, 0.6) is 0 Å². The molecule has 1 amide bonds. The zero-order valence-corrected chi connectivity index (χ0v) is 12.5. The van der Waals surface area contributed by atoms with Crippen molar-refractivity contribution in [1.82, 2.24) is 4.90 Å². The molecule has 0 unspecified atom stereocenters. The molecule has 3 heteroatoms. The van der Waals surface area contributed by atoms with Gasteiger partial charge in [-0.15, -0.1) is 0 Å². The Morgan fingerprint density at radius 3 is 2.00 bits per heavy atom. The Balaban J connectivity index is 1.93. The zero-order chi connectivity index (χ0) is 15.4. The second-order valence-corrected chi connectivity index (χ2v) is 5.59. The van der Waals surface area contributed by atoms with Crippen LogP contribution in [0.2, 0.25) is 0 Å². The van der Waals surface area contributed by atoms with E-state index in [0.717, 1.165) is 25.9 Å². The second kappa shape index (κ2) is 6.56. The normalized spacial score (nSPS) is 14.6. The minimum absolute atomic E-state index is 0.0282. The summed E-state index contributed by atoms with van der Waals surface area (Å²) in [5.41, 5.74) is 1.61. The van der Waals surface area contributed by atoms with Crippen LogP contribution in [-0.4, -0.2) is 29.7 Å². The van der Waals surface area contributed by atoms with Crippen LogP contribution in [0.4, 0.5) is 0 Å². The predicted molar refractivity (Wildman–Crippen MR) is 86.1 cm³/mol. The van der Waals surface area contributed by atoms with Crippen molar-refractivity contribution in [3.63, 3.8) is 0 Å². The Kier molecular flexibility index (Phi) is 4.33. The van der Waals surface area contributed by atoms with Crippen molar-refractivity contribution in [3.8, 4) is 0 Å². The van der Waals surface area contributed by atoms with Gasteiger partial charge in [-0.2, -0.15) is 0 Å². The van der Waals surface area contributed by atoms with Crippen LogP contribution in [0.25, 0.3) is 0 Å². The van der Waals surface area contributed by atoms with Crippen LogP contribution >= 0.6 is 0 Å². The van der Waals surface area contributed by atoms with Crippen LogP contribution in [0.15, 0.2) is 54.6 Å². The standard InChI is InChI=1S/C19H19NO2/c21-18(15-9-3-1-4-10-15)16-11-5-6-12-17(16)19(22)20-13-7-2-8-14-20/h1,3-6,9-12H,2,7-8,13-14H2. The van der Waals surface area contributed by atoms with Crippen LogP contribution in [0.3, 0.4) is 0 Å². The van der Waals surface area contributed by atoms with Gasteiger partial charge in [-0.05, 0) is 25.3 Å². The summed E-state index contributed by atoms with van der Waals surface area (Å²) < 4.78 is 0. The summed E-state index contributed by atoms with van der Waals surface area (Å²) in [6, 6.07) is 16.2. The van der Waals surface area contributed by atoms with Gasteiger partial charge >= 0.3 is 0 Å². The van der Waals surface area contributed by atoms with E-state index in [1.54, 1.807) is 24.3 Å². The summed E-state index contributed by atoms with van der Waals surface area (Å²) in [6.07, 6.45) is 3.26. The molecule has 0 N–H and O–H groups in total. The molecule has 1 aliphatic heterocycles. The van der Waals surface area contributed by atoms with Crippen molar-refractivity contribution >= 4 is 11.7 Å². The molecule has 0 atom stereocenters. The van der Waals surface area contributed by atoms with Gasteiger partial charge in [0.2, 0.25) is 0 Å². The number of likely N-dealkylation sites (tertiary alicyclic amines) is 1. The monoisotopic (exact) mass is 293 g/mol. The molecule has 1 fully saturated rings. The number of amides is 1. The summed E-state index contributed by atoms with van der Waals surface area (Å²) >= 11 is 0. The van der Waals surface area contributed by atoms with Crippen molar-refractivity contribution in [2.24, 2.45) is 0 Å². The SMILES string of the molecule is O=C(c1ccccc1)c1ccccc1C(=O)N1CCCCC1. The van der Waals surface area contributed by atoms with Gasteiger partial charge in [-0.25, -0.2) is 0 Å². The first-order valence-electron chi connectivity index (χ1n) is 7.75. The van der Waals surface area contributed by atoms with Crippen LogP contribution < -0.4 is 0 Å². The molecule has 1 aliphatic rings. The van der Waals surface area contributed by atoms with E-state index in [1.807, 2.05) is 35.2 Å². The van der Waals surface area contributed by atoms with Crippen LogP contribution in [0.1, 0.15) is 45.5 Å². The average molecular weight is 293 g/mol. The van der Waals surface area contributed by atoms with Gasteiger partial charge in [-0.1, -0.05) is 48.5 Å². The lowest BCUT2D eigenvalue weighted by Gasteiger charge is -2.27. The molecule has 0 aliphatic carbocycles. The number of carbonyl (C=O) groups excluding carboxylic acids is 2.